The number of benzene rings is 2. The van der Waals surface area contributed by atoms with Gasteiger partial charge in [0.2, 0.25) is 0 Å². The molecule has 0 amide bonds. The predicted molar refractivity (Wildman–Crippen MR) is 98.1 cm³/mol. The monoisotopic (exact) mass is 362 g/mol. The molecular formula is C20H26O6. The lowest BCUT2D eigenvalue weighted by Gasteiger charge is -2.23. The highest BCUT2D eigenvalue weighted by atomic mass is 16.5. The molecule has 2 aromatic rings. The first-order chi connectivity index (χ1) is 12.5. The molecular weight excluding hydrogens is 336 g/mol. The minimum atomic E-state index is -0.914. The maximum Gasteiger partial charge on any atom is 0.161 e. The summed E-state index contributed by atoms with van der Waals surface area (Å²) < 4.78 is 16.3. The van der Waals surface area contributed by atoms with Crippen LogP contribution in [0.3, 0.4) is 0 Å². The molecule has 3 N–H and O–H groups in total. The van der Waals surface area contributed by atoms with Gasteiger partial charge in [-0.25, -0.2) is 0 Å². The van der Waals surface area contributed by atoms with Gasteiger partial charge in [-0.1, -0.05) is 12.1 Å². The highest BCUT2D eigenvalue weighted by Gasteiger charge is 2.21. The summed E-state index contributed by atoms with van der Waals surface area (Å²) in [5.41, 5.74) is 1.62. The Morgan fingerprint density at radius 2 is 1.69 bits per heavy atom. The summed E-state index contributed by atoms with van der Waals surface area (Å²) in [7, 11) is 3.01. The summed E-state index contributed by atoms with van der Waals surface area (Å²) >= 11 is 0. The smallest absolute Gasteiger partial charge is 0.161 e. The largest absolute Gasteiger partial charge is 0.504 e. The minimum absolute atomic E-state index is 0.0113. The van der Waals surface area contributed by atoms with Crippen LogP contribution in [0.4, 0.5) is 0 Å². The molecule has 142 valence electrons. The van der Waals surface area contributed by atoms with Crippen molar-refractivity contribution in [3.05, 3.63) is 47.5 Å². The highest BCUT2D eigenvalue weighted by molar-refractivity contribution is 5.44. The molecule has 0 saturated heterocycles. The number of phenolic OH excluding ortho intramolecular Hbond substituents is 1. The molecule has 2 aromatic carbocycles. The van der Waals surface area contributed by atoms with E-state index in [1.807, 2.05) is 12.1 Å². The van der Waals surface area contributed by atoms with Crippen LogP contribution < -0.4 is 14.2 Å². The number of phenols is 1. The Bertz CT molecular complexity index is 715. The molecule has 0 bridgehead atoms. The van der Waals surface area contributed by atoms with Crippen LogP contribution in [0.15, 0.2) is 36.4 Å². The van der Waals surface area contributed by atoms with E-state index < -0.39 is 12.2 Å². The van der Waals surface area contributed by atoms with Gasteiger partial charge in [0.1, 0.15) is 12.2 Å². The second-order valence-corrected chi connectivity index (χ2v) is 6.01. The third-order valence-electron chi connectivity index (χ3n) is 4.15. The van der Waals surface area contributed by atoms with Crippen molar-refractivity contribution in [3.63, 3.8) is 0 Å². The van der Waals surface area contributed by atoms with Crippen molar-refractivity contribution in [1.29, 1.82) is 0 Å². The van der Waals surface area contributed by atoms with Gasteiger partial charge in [-0.05, 0) is 55.2 Å². The maximum absolute atomic E-state index is 10.6. The van der Waals surface area contributed by atoms with Crippen LogP contribution in [0, 0.1) is 0 Å². The summed E-state index contributed by atoms with van der Waals surface area (Å²) in [5.74, 6) is 1.40. The molecule has 2 atom stereocenters. The fraction of sp³-hybridized carbons (Fsp3) is 0.400. The summed E-state index contributed by atoms with van der Waals surface area (Å²) in [6.07, 6.45) is -0.0375. The number of hydrogen-bond donors (Lipinski definition) is 3. The van der Waals surface area contributed by atoms with Gasteiger partial charge in [0.25, 0.3) is 0 Å². The number of hydrogen-bond acceptors (Lipinski definition) is 6. The molecule has 0 aliphatic rings. The average Bonchev–Trinajstić information content (AvgIpc) is 2.66. The van der Waals surface area contributed by atoms with Gasteiger partial charge in [0, 0.05) is 6.61 Å². The predicted octanol–water partition coefficient (Wildman–Crippen LogP) is 2.84. The third kappa shape index (κ3) is 4.80. The molecule has 6 heteroatoms. The third-order valence-corrected chi connectivity index (χ3v) is 4.15. The molecule has 6 nitrogen and oxygen atoms in total. The molecule has 0 saturated carbocycles. The summed E-state index contributed by atoms with van der Waals surface area (Å²) in [6, 6.07) is 10.3. The molecule has 0 aliphatic heterocycles. The zero-order valence-electron chi connectivity index (χ0n) is 15.3. The van der Waals surface area contributed by atoms with Gasteiger partial charge < -0.3 is 29.5 Å². The Hall–Kier alpha value is -2.44. The molecule has 0 fully saturated rings. The van der Waals surface area contributed by atoms with Crippen molar-refractivity contribution in [2.24, 2.45) is 0 Å². The van der Waals surface area contributed by atoms with Gasteiger partial charge in [0.05, 0.1) is 14.2 Å². The molecule has 0 heterocycles. The number of aliphatic hydroxyl groups is 2. The zero-order chi connectivity index (χ0) is 19.1. The Labute approximate surface area is 153 Å². The zero-order valence-corrected chi connectivity index (χ0v) is 15.3. The highest BCUT2D eigenvalue weighted by Crippen LogP contribution is 2.34. The van der Waals surface area contributed by atoms with E-state index in [2.05, 4.69) is 0 Å². The van der Waals surface area contributed by atoms with E-state index in [1.54, 1.807) is 32.2 Å². The maximum atomic E-state index is 10.6. The molecule has 2 unspecified atom stereocenters. The van der Waals surface area contributed by atoms with E-state index in [0.29, 0.717) is 29.2 Å². The number of aromatic hydroxyl groups is 1. The fourth-order valence-electron chi connectivity index (χ4n) is 2.66. The van der Waals surface area contributed by atoms with E-state index in [-0.39, 0.29) is 12.4 Å². The quantitative estimate of drug-likeness (QED) is 0.636. The summed E-state index contributed by atoms with van der Waals surface area (Å²) in [6.45, 7) is 1.89. The van der Waals surface area contributed by atoms with E-state index >= 15 is 0 Å². The lowest BCUT2D eigenvalue weighted by Crippen LogP contribution is -2.22. The number of aliphatic hydroxyl groups excluding tert-OH is 2. The normalized spacial score (nSPS) is 13.1. The van der Waals surface area contributed by atoms with Gasteiger partial charge >= 0.3 is 0 Å². The second-order valence-electron chi connectivity index (χ2n) is 6.01. The SMILES string of the molecule is COc1cc(C(O)C(C)Oc2ccc(CCCO)cc2OC)ccc1O. The van der Waals surface area contributed by atoms with Crippen molar-refractivity contribution >= 4 is 0 Å². The molecule has 0 spiro atoms. The van der Waals surface area contributed by atoms with Crippen LogP contribution in [-0.4, -0.2) is 42.3 Å². The molecule has 2 rings (SSSR count). The van der Waals surface area contributed by atoms with Crippen molar-refractivity contribution in [2.45, 2.75) is 32.0 Å². The second kappa shape index (κ2) is 9.31. The van der Waals surface area contributed by atoms with E-state index in [1.165, 1.54) is 13.2 Å². The van der Waals surface area contributed by atoms with Crippen LogP contribution in [0.1, 0.15) is 30.6 Å². The van der Waals surface area contributed by atoms with Crippen LogP contribution in [-0.2, 0) is 6.42 Å². The van der Waals surface area contributed by atoms with Crippen molar-refractivity contribution in [1.82, 2.24) is 0 Å². The first-order valence-electron chi connectivity index (χ1n) is 8.49. The fourth-order valence-corrected chi connectivity index (χ4v) is 2.66. The summed E-state index contributed by atoms with van der Waals surface area (Å²) in [5, 5.41) is 29.2. The molecule has 0 aliphatic carbocycles. The van der Waals surface area contributed by atoms with Crippen LogP contribution in [0.5, 0.6) is 23.0 Å². The molecule has 0 aromatic heterocycles. The first-order valence-corrected chi connectivity index (χ1v) is 8.49. The topological polar surface area (TPSA) is 88.4 Å². The lowest BCUT2D eigenvalue weighted by atomic mass is 10.0. The Morgan fingerprint density at radius 3 is 2.35 bits per heavy atom. The number of ether oxygens (including phenoxy) is 3. The van der Waals surface area contributed by atoms with E-state index in [9.17, 15) is 10.2 Å². The van der Waals surface area contributed by atoms with Gasteiger partial charge in [-0.3, -0.25) is 0 Å². The summed E-state index contributed by atoms with van der Waals surface area (Å²) in [4.78, 5) is 0. The van der Waals surface area contributed by atoms with Crippen LogP contribution in [0.2, 0.25) is 0 Å². The molecule has 26 heavy (non-hydrogen) atoms. The Balaban J connectivity index is 2.14. The number of aryl methyl sites for hydroxylation is 1. The van der Waals surface area contributed by atoms with Gasteiger partial charge in [-0.15, -0.1) is 0 Å². The van der Waals surface area contributed by atoms with E-state index in [4.69, 9.17) is 19.3 Å². The van der Waals surface area contributed by atoms with Crippen molar-refractivity contribution < 1.29 is 29.5 Å². The Kier molecular flexibility index (Phi) is 7.12. The van der Waals surface area contributed by atoms with Gasteiger partial charge in [-0.2, -0.15) is 0 Å². The van der Waals surface area contributed by atoms with E-state index in [0.717, 1.165) is 12.0 Å². The first kappa shape index (κ1) is 19.9. The van der Waals surface area contributed by atoms with Crippen molar-refractivity contribution in [3.8, 4) is 23.0 Å². The molecule has 0 radical (unpaired) electrons. The standard InChI is InChI=1S/C20H26O6/c1-13(20(23)15-7-8-16(22)18(12-15)24-2)26-17-9-6-14(5-4-10-21)11-19(17)25-3/h6-9,11-13,20-23H,4-5,10H2,1-3H3. The average molecular weight is 362 g/mol. The minimum Gasteiger partial charge on any atom is -0.504 e. The lowest BCUT2D eigenvalue weighted by molar-refractivity contribution is 0.0449. The van der Waals surface area contributed by atoms with Crippen molar-refractivity contribution in [2.75, 3.05) is 20.8 Å². The number of methoxy groups -OCH3 is 2. The van der Waals surface area contributed by atoms with Crippen LogP contribution in [0.25, 0.3) is 0 Å². The number of rotatable bonds is 9. The van der Waals surface area contributed by atoms with Crippen LogP contribution >= 0.6 is 0 Å². The Morgan fingerprint density at radius 1 is 0.962 bits per heavy atom. The van der Waals surface area contributed by atoms with Gasteiger partial charge in [0.15, 0.2) is 23.0 Å².